The van der Waals surface area contributed by atoms with E-state index >= 15 is 0 Å². The lowest BCUT2D eigenvalue weighted by atomic mass is 10.2. The number of hydrogen-bond donors (Lipinski definition) is 1. The van der Waals surface area contributed by atoms with Crippen molar-refractivity contribution in [2.75, 3.05) is 0 Å². The number of aromatic nitrogens is 1. The quantitative estimate of drug-likeness (QED) is 0.800. The van der Waals surface area contributed by atoms with E-state index in [1.54, 1.807) is 6.92 Å². The van der Waals surface area contributed by atoms with Crippen LogP contribution in [0.15, 0.2) is 16.6 Å². The Kier molecular flexibility index (Phi) is 2.56. The van der Waals surface area contributed by atoms with Gasteiger partial charge in [0.2, 0.25) is 0 Å². The first-order valence-corrected chi connectivity index (χ1v) is 5.31. The summed E-state index contributed by atoms with van der Waals surface area (Å²) in [5.41, 5.74) is 0.860. The second-order valence-electron chi connectivity index (χ2n) is 3.14. The van der Waals surface area contributed by atoms with Gasteiger partial charge in [0, 0.05) is 11.5 Å². The molecule has 0 amide bonds. The van der Waals surface area contributed by atoms with Crippen molar-refractivity contribution in [1.29, 1.82) is 0 Å². The third-order valence-electron chi connectivity index (χ3n) is 2.11. The van der Waals surface area contributed by atoms with Gasteiger partial charge in [-0.05, 0) is 28.9 Å². The van der Waals surface area contributed by atoms with Gasteiger partial charge in [0.25, 0.3) is 0 Å². The molecule has 0 unspecified atom stereocenters. The van der Waals surface area contributed by atoms with Crippen molar-refractivity contribution >= 4 is 38.4 Å². The van der Waals surface area contributed by atoms with E-state index in [1.807, 2.05) is 0 Å². The van der Waals surface area contributed by atoms with Crippen molar-refractivity contribution in [3.8, 4) is 5.75 Å². The van der Waals surface area contributed by atoms with Gasteiger partial charge in [-0.3, -0.25) is 4.98 Å². The van der Waals surface area contributed by atoms with Crippen LogP contribution in [0.2, 0.25) is 5.02 Å². The minimum Gasteiger partial charge on any atom is -0.506 e. The summed E-state index contributed by atoms with van der Waals surface area (Å²) in [6.45, 7) is 1.65. The van der Waals surface area contributed by atoms with Crippen LogP contribution in [0.4, 0.5) is 4.39 Å². The minimum absolute atomic E-state index is 0.0696. The molecule has 0 spiro atoms. The van der Waals surface area contributed by atoms with Crippen LogP contribution >= 0.6 is 27.5 Å². The molecule has 15 heavy (non-hydrogen) atoms. The van der Waals surface area contributed by atoms with Crippen molar-refractivity contribution in [3.05, 3.63) is 33.1 Å². The Morgan fingerprint density at radius 2 is 2.13 bits per heavy atom. The smallest absolute Gasteiger partial charge is 0.145 e. The van der Waals surface area contributed by atoms with Gasteiger partial charge in [-0.25, -0.2) is 4.39 Å². The number of hydrogen-bond acceptors (Lipinski definition) is 2. The molecule has 1 N–H and O–H groups in total. The second kappa shape index (κ2) is 3.61. The fourth-order valence-electron chi connectivity index (χ4n) is 1.34. The SMILES string of the molecule is Cc1nc2cc(F)c(Br)cc2c(O)c1Cl. The van der Waals surface area contributed by atoms with Crippen LogP contribution in [-0.4, -0.2) is 10.1 Å². The molecule has 0 aliphatic carbocycles. The molecule has 78 valence electrons. The molecule has 2 rings (SSSR count). The summed E-state index contributed by atoms with van der Waals surface area (Å²) in [6, 6.07) is 2.71. The predicted molar refractivity (Wildman–Crippen MR) is 60.8 cm³/mol. The fraction of sp³-hybridized carbons (Fsp3) is 0.100. The second-order valence-corrected chi connectivity index (χ2v) is 4.38. The summed E-state index contributed by atoms with van der Waals surface area (Å²) in [5, 5.41) is 10.4. The van der Waals surface area contributed by atoms with E-state index in [1.165, 1.54) is 12.1 Å². The highest BCUT2D eigenvalue weighted by Crippen LogP contribution is 2.35. The molecule has 0 saturated heterocycles. The van der Waals surface area contributed by atoms with Crippen molar-refractivity contribution in [2.24, 2.45) is 0 Å². The molecule has 1 aromatic carbocycles. The summed E-state index contributed by atoms with van der Waals surface area (Å²) in [5.74, 6) is -0.490. The number of pyridine rings is 1. The zero-order valence-electron chi connectivity index (χ0n) is 7.68. The van der Waals surface area contributed by atoms with E-state index in [2.05, 4.69) is 20.9 Å². The number of nitrogens with zero attached hydrogens (tertiary/aromatic N) is 1. The van der Waals surface area contributed by atoms with E-state index in [0.29, 0.717) is 16.6 Å². The third-order valence-corrected chi connectivity index (χ3v) is 3.17. The van der Waals surface area contributed by atoms with E-state index in [9.17, 15) is 9.50 Å². The molecular weight excluding hydrogens is 284 g/mol. The summed E-state index contributed by atoms with van der Waals surface area (Å²) >= 11 is 8.86. The van der Waals surface area contributed by atoms with Gasteiger partial charge in [-0.15, -0.1) is 0 Å². The number of aryl methyl sites for hydroxylation is 1. The van der Waals surface area contributed by atoms with Gasteiger partial charge in [-0.2, -0.15) is 0 Å². The average molecular weight is 291 g/mol. The maximum absolute atomic E-state index is 13.2. The Hall–Kier alpha value is -0.870. The Bertz CT molecular complexity index is 554. The van der Waals surface area contributed by atoms with Crippen LogP contribution in [0.3, 0.4) is 0 Å². The maximum atomic E-state index is 13.2. The van der Waals surface area contributed by atoms with Crippen molar-refractivity contribution < 1.29 is 9.50 Å². The summed E-state index contributed by atoms with van der Waals surface area (Å²) in [7, 11) is 0. The molecule has 2 aromatic rings. The highest BCUT2D eigenvalue weighted by Gasteiger charge is 2.12. The first-order chi connectivity index (χ1) is 7.00. The summed E-state index contributed by atoms with van der Waals surface area (Å²) in [4.78, 5) is 4.09. The van der Waals surface area contributed by atoms with Gasteiger partial charge in [0.15, 0.2) is 0 Å². The first-order valence-electron chi connectivity index (χ1n) is 4.14. The van der Waals surface area contributed by atoms with E-state index in [-0.39, 0.29) is 15.2 Å². The van der Waals surface area contributed by atoms with Crippen molar-refractivity contribution in [3.63, 3.8) is 0 Å². The van der Waals surface area contributed by atoms with Gasteiger partial charge in [0.05, 0.1) is 15.7 Å². The topological polar surface area (TPSA) is 33.1 Å². The number of aromatic hydroxyl groups is 1. The molecule has 0 fully saturated rings. The summed E-state index contributed by atoms with van der Waals surface area (Å²) in [6.07, 6.45) is 0. The molecule has 0 aliphatic heterocycles. The van der Waals surface area contributed by atoms with Gasteiger partial charge >= 0.3 is 0 Å². The van der Waals surface area contributed by atoms with Crippen LogP contribution in [-0.2, 0) is 0 Å². The zero-order valence-corrected chi connectivity index (χ0v) is 10.0. The van der Waals surface area contributed by atoms with Crippen molar-refractivity contribution in [2.45, 2.75) is 6.92 Å². The largest absolute Gasteiger partial charge is 0.506 e. The predicted octanol–water partition coefficient (Wildman–Crippen LogP) is 3.80. The number of benzene rings is 1. The zero-order chi connectivity index (χ0) is 11.2. The van der Waals surface area contributed by atoms with Crippen LogP contribution in [0.25, 0.3) is 10.9 Å². The monoisotopic (exact) mass is 289 g/mol. The Morgan fingerprint density at radius 3 is 2.80 bits per heavy atom. The maximum Gasteiger partial charge on any atom is 0.145 e. The van der Waals surface area contributed by atoms with Crippen LogP contribution < -0.4 is 0 Å². The lowest BCUT2D eigenvalue weighted by molar-refractivity contribution is 0.481. The highest BCUT2D eigenvalue weighted by atomic mass is 79.9. The van der Waals surface area contributed by atoms with E-state index in [4.69, 9.17) is 11.6 Å². The normalized spacial score (nSPS) is 10.9. The molecule has 5 heteroatoms. The standard InChI is InChI=1S/C10H6BrClFNO/c1-4-9(12)10(15)5-2-6(11)7(13)3-8(5)14-4/h2-3H,1H3,(H,14,15). The third kappa shape index (κ3) is 1.68. The number of rotatable bonds is 0. The van der Waals surface area contributed by atoms with Crippen molar-refractivity contribution in [1.82, 2.24) is 4.98 Å². The summed E-state index contributed by atoms with van der Waals surface area (Å²) < 4.78 is 13.5. The molecule has 0 radical (unpaired) electrons. The van der Waals surface area contributed by atoms with Crippen LogP contribution in [0.5, 0.6) is 5.75 Å². The van der Waals surface area contributed by atoms with Gasteiger partial charge in [-0.1, -0.05) is 11.6 Å². The van der Waals surface area contributed by atoms with Gasteiger partial charge in [0.1, 0.15) is 16.6 Å². The Balaban J connectivity index is 2.93. The Morgan fingerprint density at radius 1 is 1.47 bits per heavy atom. The average Bonchev–Trinajstić information content (AvgIpc) is 2.19. The van der Waals surface area contributed by atoms with Gasteiger partial charge < -0.3 is 5.11 Å². The first kappa shape index (κ1) is 10.6. The van der Waals surface area contributed by atoms with Crippen LogP contribution in [0.1, 0.15) is 5.69 Å². The minimum atomic E-state index is -0.420. The lowest BCUT2D eigenvalue weighted by Gasteiger charge is -2.06. The molecule has 0 atom stereocenters. The van der Waals surface area contributed by atoms with E-state index < -0.39 is 5.82 Å². The molecule has 0 aliphatic rings. The molecule has 1 aromatic heterocycles. The molecule has 1 heterocycles. The molecule has 0 saturated carbocycles. The Labute approximate surface area is 98.8 Å². The van der Waals surface area contributed by atoms with E-state index in [0.717, 1.165) is 0 Å². The fourth-order valence-corrected chi connectivity index (χ4v) is 1.83. The molecule has 0 bridgehead atoms. The van der Waals surface area contributed by atoms with Crippen LogP contribution in [0, 0.1) is 12.7 Å². The highest BCUT2D eigenvalue weighted by molar-refractivity contribution is 9.10. The molecule has 2 nitrogen and oxygen atoms in total. The number of fused-ring (bicyclic) bond motifs is 1. The number of halogens is 3. The molecular formula is C10H6BrClFNO. The lowest BCUT2D eigenvalue weighted by Crippen LogP contribution is -1.89.